The van der Waals surface area contributed by atoms with E-state index in [9.17, 15) is 13.9 Å². The van der Waals surface area contributed by atoms with Crippen molar-refractivity contribution in [2.75, 3.05) is 20.2 Å². The highest BCUT2D eigenvalue weighted by atomic mass is 19.3. The number of hydrogen-bond acceptors (Lipinski definition) is 4. The number of ether oxygens (including phenoxy) is 2. The summed E-state index contributed by atoms with van der Waals surface area (Å²) in [6.45, 7) is -2.99. The van der Waals surface area contributed by atoms with Gasteiger partial charge in [0.15, 0.2) is 7.85 Å². The van der Waals surface area contributed by atoms with Crippen molar-refractivity contribution in [3.63, 3.8) is 0 Å². The third kappa shape index (κ3) is 4.43. The number of aliphatic hydroxyl groups is 1. The van der Waals surface area contributed by atoms with Gasteiger partial charge in [-0.05, 0) is 36.7 Å². The molecule has 1 aromatic heterocycles. The number of hydrogen-bond donors (Lipinski definition) is 3. The Balaban J connectivity index is 1.89. The molecule has 0 fully saturated rings. The normalized spacial score (nSPS) is 14.4. The van der Waals surface area contributed by atoms with Crippen LogP contribution in [0.1, 0.15) is 5.56 Å². The van der Waals surface area contributed by atoms with Crippen molar-refractivity contribution in [3.05, 3.63) is 30.0 Å². The number of benzene rings is 1. The van der Waals surface area contributed by atoms with E-state index < -0.39 is 12.3 Å². The van der Waals surface area contributed by atoms with Crippen molar-refractivity contribution in [2.24, 2.45) is 0 Å². The summed E-state index contributed by atoms with van der Waals surface area (Å²) in [4.78, 5) is 3.14. The summed E-state index contributed by atoms with van der Waals surface area (Å²) < 4.78 is 33.1. The van der Waals surface area contributed by atoms with Crippen molar-refractivity contribution in [1.29, 1.82) is 0 Å². The zero-order valence-electron chi connectivity index (χ0n) is 12.1. The van der Waals surface area contributed by atoms with E-state index in [0.29, 0.717) is 13.0 Å². The van der Waals surface area contributed by atoms with Gasteiger partial charge in [-0.25, -0.2) is 0 Å². The lowest BCUT2D eigenvalue weighted by Crippen LogP contribution is -2.45. The maximum atomic E-state index is 12.0. The van der Waals surface area contributed by atoms with Crippen LogP contribution < -0.4 is 10.1 Å². The van der Waals surface area contributed by atoms with E-state index in [1.165, 1.54) is 0 Å². The first-order valence-electron chi connectivity index (χ1n) is 6.73. The Hall–Kier alpha value is -1.64. The second kappa shape index (κ2) is 7.08. The quantitative estimate of drug-likeness (QED) is 0.391. The van der Waals surface area contributed by atoms with E-state index in [1.807, 2.05) is 24.4 Å². The van der Waals surface area contributed by atoms with Crippen LogP contribution in [0, 0.1) is 0 Å². The molecule has 0 spiro atoms. The molecule has 22 heavy (non-hydrogen) atoms. The number of rotatable bonds is 8. The third-order valence-electron chi connectivity index (χ3n) is 3.22. The fourth-order valence-corrected chi connectivity index (χ4v) is 2.18. The molecule has 0 aliphatic heterocycles. The van der Waals surface area contributed by atoms with Gasteiger partial charge < -0.3 is 20.1 Å². The monoisotopic (exact) mass is 310 g/mol. The Morgan fingerprint density at radius 1 is 1.45 bits per heavy atom. The zero-order chi connectivity index (χ0) is 16.2. The van der Waals surface area contributed by atoms with Gasteiger partial charge in [0.25, 0.3) is 0 Å². The molecular formula is C14H17BF2N2O3. The second-order valence-corrected chi connectivity index (χ2v) is 4.88. The Morgan fingerprint density at radius 2 is 2.23 bits per heavy atom. The van der Waals surface area contributed by atoms with Crippen molar-refractivity contribution in [1.82, 2.24) is 10.3 Å². The van der Waals surface area contributed by atoms with E-state index in [-0.39, 0.29) is 6.54 Å². The van der Waals surface area contributed by atoms with E-state index in [0.717, 1.165) is 22.2 Å². The fraction of sp³-hybridized carbons (Fsp3) is 0.429. The molecule has 118 valence electrons. The Morgan fingerprint density at radius 3 is 2.91 bits per heavy atom. The van der Waals surface area contributed by atoms with Crippen LogP contribution in [0.2, 0.25) is 0 Å². The number of fused-ring (bicyclic) bond motifs is 1. The molecule has 2 rings (SSSR count). The molecule has 0 amide bonds. The summed E-state index contributed by atoms with van der Waals surface area (Å²) >= 11 is 0. The number of methoxy groups -OCH3 is 1. The molecule has 8 heteroatoms. The second-order valence-electron chi connectivity index (χ2n) is 4.88. The number of H-pyrrole nitrogens is 1. The van der Waals surface area contributed by atoms with Crippen molar-refractivity contribution in [3.8, 4) is 5.75 Å². The van der Waals surface area contributed by atoms with Crippen LogP contribution in [0.15, 0.2) is 24.4 Å². The lowest BCUT2D eigenvalue weighted by atomic mass is 9.95. The van der Waals surface area contributed by atoms with E-state index in [1.54, 1.807) is 7.11 Å². The molecule has 1 heterocycles. The van der Waals surface area contributed by atoms with Crippen LogP contribution >= 0.6 is 0 Å². The van der Waals surface area contributed by atoms with Crippen LogP contribution in [0.4, 0.5) is 8.78 Å². The van der Waals surface area contributed by atoms with Crippen LogP contribution in [0.3, 0.4) is 0 Å². The molecule has 2 aromatic rings. The number of nitrogens with one attached hydrogen (secondary N) is 2. The molecule has 0 aliphatic rings. The predicted octanol–water partition coefficient (Wildman–Crippen LogP) is 1.36. The number of aromatic nitrogens is 1. The number of halogens is 2. The van der Waals surface area contributed by atoms with E-state index in [2.05, 4.69) is 15.0 Å². The smallest absolute Gasteiger partial charge is 0.347 e. The van der Waals surface area contributed by atoms with Crippen LogP contribution in [-0.4, -0.2) is 50.4 Å². The Bertz CT molecular complexity index is 619. The predicted molar refractivity (Wildman–Crippen MR) is 79.2 cm³/mol. The van der Waals surface area contributed by atoms with E-state index >= 15 is 0 Å². The summed E-state index contributed by atoms with van der Waals surface area (Å²) in [5.41, 5.74) is -0.374. The van der Waals surface area contributed by atoms with Gasteiger partial charge in [0.2, 0.25) is 0 Å². The number of aromatic amines is 1. The average molecular weight is 310 g/mol. The molecule has 2 radical (unpaired) electrons. The molecule has 0 aliphatic carbocycles. The van der Waals surface area contributed by atoms with Crippen molar-refractivity contribution < 1.29 is 23.4 Å². The van der Waals surface area contributed by atoms with Gasteiger partial charge in [0.05, 0.1) is 7.11 Å². The minimum absolute atomic E-state index is 0.303. The van der Waals surface area contributed by atoms with Gasteiger partial charge in [-0.2, -0.15) is 8.78 Å². The van der Waals surface area contributed by atoms with Gasteiger partial charge in [-0.15, -0.1) is 0 Å². The first-order chi connectivity index (χ1) is 10.4. The van der Waals surface area contributed by atoms with Gasteiger partial charge in [0.1, 0.15) is 11.4 Å². The summed E-state index contributed by atoms with van der Waals surface area (Å²) in [7, 11) is 6.77. The van der Waals surface area contributed by atoms with E-state index in [4.69, 9.17) is 12.6 Å². The number of alkyl halides is 2. The zero-order valence-corrected chi connectivity index (χ0v) is 12.1. The van der Waals surface area contributed by atoms with Gasteiger partial charge in [0, 0.05) is 23.6 Å². The minimum atomic E-state index is -3.13. The molecule has 0 saturated heterocycles. The van der Waals surface area contributed by atoms with Gasteiger partial charge in [-0.1, -0.05) is 0 Å². The maximum Gasteiger partial charge on any atom is 0.347 e. The molecule has 1 atom stereocenters. The first-order valence-corrected chi connectivity index (χ1v) is 6.73. The topological polar surface area (TPSA) is 66.5 Å². The molecule has 0 bridgehead atoms. The van der Waals surface area contributed by atoms with Crippen LogP contribution in [0.5, 0.6) is 5.75 Å². The van der Waals surface area contributed by atoms with Crippen LogP contribution in [0.25, 0.3) is 10.9 Å². The molecule has 0 saturated carbocycles. The summed E-state index contributed by atoms with van der Waals surface area (Å²) in [6, 6.07) is 5.69. The molecule has 1 unspecified atom stereocenters. The highest BCUT2D eigenvalue weighted by molar-refractivity contribution is 6.13. The molecule has 1 aromatic carbocycles. The Kier molecular flexibility index (Phi) is 5.39. The van der Waals surface area contributed by atoms with Gasteiger partial charge >= 0.3 is 6.61 Å². The Labute approximate surface area is 128 Å². The summed E-state index contributed by atoms with van der Waals surface area (Å²) in [6.07, 6.45) is 2.49. The largest absolute Gasteiger partial charge is 0.497 e. The summed E-state index contributed by atoms with van der Waals surface area (Å²) in [5.74, 6) is 0.753. The highest BCUT2D eigenvalue weighted by Gasteiger charge is 2.24. The average Bonchev–Trinajstić information content (AvgIpc) is 2.84. The van der Waals surface area contributed by atoms with Crippen LogP contribution in [-0.2, 0) is 11.2 Å². The maximum absolute atomic E-state index is 12.0. The highest BCUT2D eigenvalue weighted by Crippen LogP contribution is 2.23. The lowest BCUT2D eigenvalue weighted by Gasteiger charge is -2.24. The molecule has 3 N–H and O–H groups in total. The summed E-state index contributed by atoms with van der Waals surface area (Å²) in [5, 5.41) is 13.2. The first kappa shape index (κ1) is 16.7. The lowest BCUT2D eigenvalue weighted by molar-refractivity contribution is -0.249. The van der Waals surface area contributed by atoms with Crippen molar-refractivity contribution >= 4 is 18.7 Å². The fourth-order valence-electron chi connectivity index (χ4n) is 2.18. The SMILES string of the molecule is [B]C(O)(CNCCc1c[nH]c2ccc(OC)cc12)OC(F)F. The van der Waals surface area contributed by atoms with Crippen molar-refractivity contribution in [2.45, 2.75) is 18.7 Å². The third-order valence-corrected chi connectivity index (χ3v) is 3.22. The standard InChI is InChI=1S/C14H17BF2N2O3/c1-21-10-2-3-12-11(6-10)9(7-19-12)4-5-18-8-14(15,20)22-13(16)17/h2-3,6-7,13,18-20H,4-5,8H2,1H3. The minimum Gasteiger partial charge on any atom is -0.497 e. The molecular weight excluding hydrogens is 293 g/mol. The van der Waals surface area contributed by atoms with Gasteiger partial charge in [-0.3, -0.25) is 4.74 Å². The molecule has 5 nitrogen and oxygen atoms in total.